The Hall–Kier alpha value is -3.42. The maximum Gasteiger partial charge on any atom is 0.338 e. The maximum absolute atomic E-state index is 12.8. The van der Waals surface area contributed by atoms with Gasteiger partial charge in [-0.3, -0.25) is 4.79 Å². The zero-order valence-corrected chi connectivity index (χ0v) is 20.4. The molecule has 0 fully saturated rings. The Bertz CT molecular complexity index is 1120. The third-order valence-electron chi connectivity index (χ3n) is 4.95. The average Bonchev–Trinajstić information content (AvgIpc) is 2.84. The summed E-state index contributed by atoms with van der Waals surface area (Å²) in [6, 6.07) is 14.3. The van der Waals surface area contributed by atoms with Crippen LogP contribution in [0.4, 0.5) is 5.69 Å². The first-order valence-corrected chi connectivity index (χ1v) is 12.4. The second-order valence-corrected chi connectivity index (χ2v) is 9.01. The quantitative estimate of drug-likeness (QED) is 0.422. The van der Waals surface area contributed by atoms with Crippen molar-refractivity contribution in [2.75, 3.05) is 37.7 Å². The molecule has 0 radical (unpaired) electrons. The molecule has 0 aliphatic carbocycles. The summed E-state index contributed by atoms with van der Waals surface area (Å²) in [7, 11) is -3.75. The summed E-state index contributed by atoms with van der Waals surface area (Å²) < 4.78 is 37.3. The Morgan fingerprint density at radius 1 is 1.03 bits per heavy atom. The normalized spacial score (nSPS) is 11.0. The van der Waals surface area contributed by atoms with E-state index in [4.69, 9.17) is 14.7 Å². The molecular formula is C24H29N3O6S. The predicted molar refractivity (Wildman–Crippen MR) is 127 cm³/mol. The molecule has 0 unspecified atom stereocenters. The summed E-state index contributed by atoms with van der Waals surface area (Å²) in [6.45, 7) is 5.98. The molecule has 1 amide bonds. The van der Waals surface area contributed by atoms with Gasteiger partial charge in [-0.25, -0.2) is 13.2 Å². The zero-order valence-electron chi connectivity index (χ0n) is 19.6. The van der Waals surface area contributed by atoms with Gasteiger partial charge >= 0.3 is 5.97 Å². The summed E-state index contributed by atoms with van der Waals surface area (Å²) in [4.78, 5) is 26.7. The van der Waals surface area contributed by atoms with Crippen LogP contribution in [-0.2, 0) is 19.6 Å². The molecule has 0 aliphatic heterocycles. The number of hydrogen-bond acceptors (Lipinski definition) is 7. The highest BCUT2D eigenvalue weighted by Gasteiger charge is 2.23. The molecule has 10 heteroatoms. The Balaban J connectivity index is 2.14. The third-order valence-corrected chi connectivity index (χ3v) is 6.99. The average molecular weight is 488 g/mol. The van der Waals surface area contributed by atoms with Gasteiger partial charge in [0.2, 0.25) is 10.0 Å². The van der Waals surface area contributed by atoms with Gasteiger partial charge in [-0.2, -0.15) is 9.57 Å². The molecule has 0 heterocycles. The van der Waals surface area contributed by atoms with Crippen molar-refractivity contribution in [1.29, 1.82) is 5.26 Å². The summed E-state index contributed by atoms with van der Waals surface area (Å²) in [5, 5.41) is 8.95. The fraction of sp³-hybridized carbons (Fsp3) is 0.375. The van der Waals surface area contributed by atoms with E-state index >= 15 is 0 Å². The third kappa shape index (κ3) is 6.79. The smallest absolute Gasteiger partial charge is 0.338 e. The van der Waals surface area contributed by atoms with Gasteiger partial charge in [-0.05, 0) is 49.4 Å². The molecule has 9 nitrogen and oxygen atoms in total. The standard InChI is InChI=1S/C24H29N3O6S/c1-4-26(5-2)34(30,31)22-10-7-9-19(17-22)24(29)33-18-23(28)27(16-8-15-25)20-11-13-21(14-12-20)32-6-3/h7,9-14,17H,4-6,8,16,18H2,1-3H3. The molecule has 34 heavy (non-hydrogen) atoms. The van der Waals surface area contributed by atoms with Crippen LogP contribution in [0.15, 0.2) is 53.4 Å². The SMILES string of the molecule is CCOc1ccc(N(CCC#N)C(=O)COC(=O)c2cccc(S(=O)(=O)N(CC)CC)c2)cc1. The maximum atomic E-state index is 12.8. The van der Waals surface area contributed by atoms with Gasteiger partial charge < -0.3 is 14.4 Å². The number of hydrogen-bond donors (Lipinski definition) is 0. The lowest BCUT2D eigenvalue weighted by molar-refractivity contribution is -0.121. The molecule has 0 aromatic heterocycles. The monoisotopic (exact) mass is 487 g/mol. The number of anilines is 1. The molecule has 2 aromatic rings. The molecule has 0 bridgehead atoms. The van der Waals surface area contributed by atoms with Crippen molar-refractivity contribution in [2.45, 2.75) is 32.1 Å². The number of nitriles is 1. The van der Waals surface area contributed by atoms with Crippen LogP contribution >= 0.6 is 0 Å². The number of nitrogens with zero attached hydrogens (tertiary/aromatic N) is 3. The topological polar surface area (TPSA) is 117 Å². The highest BCUT2D eigenvalue weighted by Crippen LogP contribution is 2.21. The molecule has 0 aliphatic rings. The van der Waals surface area contributed by atoms with Crippen molar-refractivity contribution in [3.63, 3.8) is 0 Å². The van der Waals surface area contributed by atoms with E-state index in [-0.39, 0.29) is 23.4 Å². The van der Waals surface area contributed by atoms with Crippen molar-refractivity contribution in [1.82, 2.24) is 4.31 Å². The van der Waals surface area contributed by atoms with Gasteiger partial charge in [0.25, 0.3) is 5.91 Å². The van der Waals surface area contributed by atoms with E-state index in [1.54, 1.807) is 38.1 Å². The van der Waals surface area contributed by atoms with Gasteiger partial charge in [0, 0.05) is 25.3 Å². The van der Waals surface area contributed by atoms with Crippen LogP contribution in [0.2, 0.25) is 0 Å². The molecule has 182 valence electrons. The van der Waals surface area contributed by atoms with Crippen molar-refractivity contribution < 1.29 is 27.5 Å². The number of benzene rings is 2. The summed E-state index contributed by atoms with van der Waals surface area (Å²) in [5.74, 6) is -0.693. The van der Waals surface area contributed by atoms with Crippen LogP contribution in [0.3, 0.4) is 0 Å². The van der Waals surface area contributed by atoms with E-state index < -0.39 is 28.5 Å². The Morgan fingerprint density at radius 3 is 2.29 bits per heavy atom. The first kappa shape index (κ1) is 26.8. The van der Waals surface area contributed by atoms with E-state index in [1.807, 2.05) is 13.0 Å². The molecule has 2 rings (SSSR count). The second kappa shape index (κ2) is 12.7. The van der Waals surface area contributed by atoms with Crippen LogP contribution in [0, 0.1) is 11.3 Å². The molecule has 0 saturated carbocycles. The van der Waals surface area contributed by atoms with Gasteiger partial charge in [0.15, 0.2) is 6.61 Å². The second-order valence-electron chi connectivity index (χ2n) is 7.07. The van der Waals surface area contributed by atoms with Gasteiger partial charge in [0.1, 0.15) is 5.75 Å². The van der Waals surface area contributed by atoms with Crippen molar-refractivity contribution in [3.05, 3.63) is 54.1 Å². The van der Waals surface area contributed by atoms with Crippen LogP contribution in [0.1, 0.15) is 37.6 Å². The van der Waals surface area contributed by atoms with Gasteiger partial charge in [0.05, 0.1) is 29.6 Å². The van der Waals surface area contributed by atoms with Crippen molar-refractivity contribution >= 4 is 27.6 Å². The van der Waals surface area contributed by atoms with E-state index in [2.05, 4.69) is 0 Å². The predicted octanol–water partition coefficient (Wildman–Crippen LogP) is 3.22. The minimum absolute atomic E-state index is 0.0191. The fourth-order valence-corrected chi connectivity index (χ4v) is 4.74. The van der Waals surface area contributed by atoms with E-state index in [0.717, 1.165) is 0 Å². The van der Waals surface area contributed by atoms with Crippen molar-refractivity contribution in [2.24, 2.45) is 0 Å². The molecule has 0 saturated heterocycles. The molecular weight excluding hydrogens is 458 g/mol. The Labute approximate surface area is 200 Å². The summed E-state index contributed by atoms with van der Waals surface area (Å²) >= 11 is 0. The minimum atomic E-state index is -3.75. The van der Waals surface area contributed by atoms with Gasteiger partial charge in [-0.1, -0.05) is 19.9 Å². The number of ether oxygens (including phenoxy) is 2. The molecule has 0 spiro atoms. The van der Waals surface area contributed by atoms with Crippen LogP contribution < -0.4 is 9.64 Å². The van der Waals surface area contributed by atoms with E-state index in [1.165, 1.54) is 33.5 Å². The van der Waals surface area contributed by atoms with Crippen molar-refractivity contribution in [3.8, 4) is 11.8 Å². The largest absolute Gasteiger partial charge is 0.494 e. The lowest BCUT2D eigenvalue weighted by Crippen LogP contribution is -2.35. The number of esters is 1. The van der Waals surface area contributed by atoms with Gasteiger partial charge in [-0.15, -0.1) is 0 Å². The number of amides is 1. The van der Waals surface area contributed by atoms with Crippen LogP contribution in [0.25, 0.3) is 0 Å². The molecule has 0 N–H and O–H groups in total. The number of carbonyl (C=O) groups excluding carboxylic acids is 2. The van der Waals surface area contributed by atoms with E-state index in [9.17, 15) is 18.0 Å². The number of rotatable bonds is 12. The fourth-order valence-electron chi connectivity index (χ4n) is 3.23. The number of carbonyl (C=O) groups is 2. The van der Waals surface area contributed by atoms with Crippen LogP contribution in [0.5, 0.6) is 5.75 Å². The lowest BCUT2D eigenvalue weighted by atomic mass is 10.2. The Morgan fingerprint density at radius 2 is 1.71 bits per heavy atom. The lowest BCUT2D eigenvalue weighted by Gasteiger charge is -2.22. The van der Waals surface area contributed by atoms with E-state index in [0.29, 0.717) is 31.1 Å². The number of sulfonamides is 1. The molecule has 2 aromatic carbocycles. The highest BCUT2D eigenvalue weighted by atomic mass is 32.2. The first-order chi connectivity index (χ1) is 16.3. The minimum Gasteiger partial charge on any atom is -0.494 e. The summed E-state index contributed by atoms with van der Waals surface area (Å²) in [6.07, 6.45) is 0.0954. The zero-order chi connectivity index (χ0) is 25.1. The molecule has 0 atom stereocenters. The Kier molecular flexibility index (Phi) is 10.0. The highest BCUT2D eigenvalue weighted by molar-refractivity contribution is 7.89. The summed E-state index contributed by atoms with van der Waals surface area (Å²) in [5.41, 5.74) is 0.553. The first-order valence-electron chi connectivity index (χ1n) is 11.0. The van der Waals surface area contributed by atoms with Crippen LogP contribution in [-0.4, -0.2) is 57.4 Å².